The summed E-state index contributed by atoms with van der Waals surface area (Å²) in [5.41, 5.74) is 2.43. The number of fused-ring (bicyclic) bond motifs is 1. The molecule has 0 spiro atoms. The summed E-state index contributed by atoms with van der Waals surface area (Å²) in [4.78, 5) is 27.0. The molecule has 0 bridgehead atoms. The van der Waals surface area contributed by atoms with Crippen LogP contribution in [0, 0.1) is 0 Å². The van der Waals surface area contributed by atoms with Gasteiger partial charge in [0.1, 0.15) is 0 Å². The molecule has 2 aliphatic rings. The minimum absolute atomic E-state index is 0.000645. The molecule has 42 heavy (non-hydrogen) atoms. The van der Waals surface area contributed by atoms with Crippen LogP contribution in [0.4, 0.5) is 0 Å². The third-order valence-electron chi connectivity index (χ3n) is 7.07. The van der Waals surface area contributed by atoms with E-state index in [1.54, 1.807) is 48.5 Å². The average Bonchev–Trinajstić information content (AvgIpc) is 3.46. The fourth-order valence-electron chi connectivity index (χ4n) is 4.76. The van der Waals surface area contributed by atoms with Gasteiger partial charge < -0.3 is 18.9 Å². The summed E-state index contributed by atoms with van der Waals surface area (Å²) in [7, 11) is -1.24. The zero-order chi connectivity index (χ0) is 30.0. The van der Waals surface area contributed by atoms with Crippen LogP contribution in [0.5, 0.6) is 23.0 Å². The number of hydrazone groups is 1. The quantitative estimate of drug-likeness (QED) is 0.392. The Labute approximate surface area is 244 Å². The summed E-state index contributed by atoms with van der Waals surface area (Å²) >= 11 is 0. The lowest BCUT2D eigenvalue weighted by atomic mass is 10.0. The highest BCUT2D eigenvalue weighted by Crippen LogP contribution is 2.37. The molecule has 0 radical (unpaired) electrons. The van der Waals surface area contributed by atoms with Crippen molar-refractivity contribution in [2.75, 3.05) is 21.0 Å². The van der Waals surface area contributed by atoms with Crippen molar-refractivity contribution in [3.8, 4) is 23.0 Å². The monoisotopic (exact) mass is 593 g/mol. The first kappa shape index (κ1) is 28.9. The largest absolute Gasteiger partial charge is 0.493 e. The predicted molar refractivity (Wildman–Crippen MR) is 153 cm³/mol. The van der Waals surface area contributed by atoms with Crippen LogP contribution in [0.25, 0.3) is 0 Å². The molecule has 0 fully saturated rings. The Morgan fingerprint density at radius 2 is 1.60 bits per heavy atom. The second-order valence-corrected chi connectivity index (χ2v) is 11.7. The molecule has 1 atom stereocenters. The molecule has 0 aliphatic carbocycles. The third kappa shape index (κ3) is 5.75. The highest BCUT2D eigenvalue weighted by Gasteiger charge is 2.37. The van der Waals surface area contributed by atoms with Crippen LogP contribution in [0.15, 0.2) is 70.7 Å². The van der Waals surface area contributed by atoms with Crippen molar-refractivity contribution in [2.45, 2.75) is 43.5 Å². The lowest BCUT2D eigenvalue weighted by Gasteiger charge is -2.31. The molecule has 5 rings (SSSR count). The molecule has 2 heterocycles. The molecule has 0 aromatic heterocycles. The van der Waals surface area contributed by atoms with Crippen molar-refractivity contribution in [3.05, 3.63) is 77.4 Å². The summed E-state index contributed by atoms with van der Waals surface area (Å²) in [6.45, 7) is 3.99. The van der Waals surface area contributed by atoms with Gasteiger partial charge in [-0.05, 0) is 59.5 Å². The Morgan fingerprint density at radius 3 is 2.29 bits per heavy atom. The lowest BCUT2D eigenvalue weighted by molar-refractivity contribution is -0.140. The van der Waals surface area contributed by atoms with Gasteiger partial charge in [0.05, 0.1) is 24.8 Å². The van der Waals surface area contributed by atoms with E-state index in [1.165, 1.54) is 26.4 Å². The van der Waals surface area contributed by atoms with Crippen molar-refractivity contribution < 1.29 is 37.0 Å². The number of nitrogens with zero attached hydrogens (tertiary/aromatic N) is 2. The highest BCUT2D eigenvalue weighted by molar-refractivity contribution is 7.90. The zero-order valence-electron chi connectivity index (χ0n) is 23.6. The van der Waals surface area contributed by atoms with Crippen LogP contribution in [0.2, 0.25) is 0 Å². The second-order valence-electron chi connectivity index (χ2n) is 10.1. The number of carbonyl (C=O) groups excluding carboxylic acids is 2. The van der Waals surface area contributed by atoms with E-state index < -0.39 is 27.9 Å². The zero-order valence-corrected chi connectivity index (χ0v) is 24.4. The molecule has 3 aromatic rings. The second kappa shape index (κ2) is 11.7. The van der Waals surface area contributed by atoms with Crippen LogP contribution < -0.4 is 23.7 Å². The van der Waals surface area contributed by atoms with Gasteiger partial charge in [0.2, 0.25) is 12.7 Å². The maximum absolute atomic E-state index is 13.8. The number of ether oxygens (including phenoxy) is 4. The molecular formula is C30H31N3O8S. The maximum atomic E-state index is 13.8. The Balaban J connectivity index is 1.54. The number of hydrogen-bond acceptors (Lipinski definition) is 9. The maximum Gasteiger partial charge on any atom is 0.264 e. The molecule has 11 nitrogen and oxygen atoms in total. The Bertz CT molecular complexity index is 1650. The average molecular weight is 594 g/mol. The van der Waals surface area contributed by atoms with E-state index >= 15 is 0 Å². The molecule has 0 saturated carbocycles. The fourth-order valence-corrected chi connectivity index (χ4v) is 5.75. The molecule has 12 heteroatoms. The number of nitrogens with one attached hydrogen (secondary N) is 1. The number of carbonyl (C=O) groups is 2. The van der Waals surface area contributed by atoms with Gasteiger partial charge in [-0.3, -0.25) is 9.59 Å². The standard InChI is InChI=1S/C30H31N3O8S/c1-18(2)19-5-9-22(10-6-19)42(36,37)32-30(35)29(21-8-13-25-27(16-21)41-17-40-25)33-28(34)14-11-23(31-33)20-7-12-24(38-3)26(15-20)39-4/h5-10,12-13,15-16,18,29H,11,14,17H2,1-4H3,(H,32,35). The van der Waals surface area contributed by atoms with Gasteiger partial charge in [-0.1, -0.05) is 32.0 Å². The Hall–Kier alpha value is -4.58. The van der Waals surface area contributed by atoms with Crippen molar-refractivity contribution in [3.63, 3.8) is 0 Å². The van der Waals surface area contributed by atoms with Crippen LogP contribution in [-0.2, 0) is 19.6 Å². The van der Waals surface area contributed by atoms with Gasteiger partial charge in [-0.2, -0.15) is 5.10 Å². The first-order valence-corrected chi connectivity index (χ1v) is 14.8. The first-order chi connectivity index (χ1) is 20.1. The summed E-state index contributed by atoms with van der Waals surface area (Å²) in [5, 5.41) is 5.59. The van der Waals surface area contributed by atoms with E-state index in [-0.39, 0.29) is 24.0 Å². The predicted octanol–water partition coefficient (Wildman–Crippen LogP) is 4.13. The van der Waals surface area contributed by atoms with Crippen LogP contribution in [-0.4, -0.2) is 52.0 Å². The number of benzene rings is 3. The number of sulfonamides is 1. The molecule has 2 aliphatic heterocycles. The number of hydrogen-bond donors (Lipinski definition) is 1. The summed E-state index contributed by atoms with van der Waals surface area (Å²) in [6.07, 6.45) is 0.353. The van der Waals surface area contributed by atoms with Gasteiger partial charge >= 0.3 is 0 Å². The van der Waals surface area contributed by atoms with Crippen molar-refractivity contribution in [2.24, 2.45) is 5.10 Å². The van der Waals surface area contributed by atoms with E-state index in [0.717, 1.165) is 10.6 Å². The van der Waals surface area contributed by atoms with Crippen LogP contribution >= 0.6 is 0 Å². The van der Waals surface area contributed by atoms with Gasteiger partial charge in [-0.25, -0.2) is 18.1 Å². The molecule has 2 amide bonds. The summed E-state index contributed by atoms with van der Waals surface area (Å²) < 4.78 is 50.3. The minimum atomic E-state index is -4.28. The van der Waals surface area contributed by atoms with Crippen molar-refractivity contribution in [1.29, 1.82) is 0 Å². The molecule has 1 N–H and O–H groups in total. The van der Waals surface area contributed by atoms with Crippen LogP contribution in [0.1, 0.15) is 55.3 Å². The van der Waals surface area contributed by atoms with Crippen molar-refractivity contribution >= 4 is 27.5 Å². The Morgan fingerprint density at radius 1 is 0.905 bits per heavy atom. The van der Waals surface area contributed by atoms with Crippen LogP contribution in [0.3, 0.4) is 0 Å². The Kier molecular flexibility index (Phi) is 8.08. The fraction of sp³-hybridized carbons (Fsp3) is 0.300. The lowest BCUT2D eigenvalue weighted by Crippen LogP contribution is -2.45. The summed E-state index contributed by atoms with van der Waals surface area (Å²) in [5.74, 6) is 0.634. The van der Waals surface area contributed by atoms with E-state index in [9.17, 15) is 18.0 Å². The molecule has 220 valence electrons. The third-order valence-corrected chi connectivity index (χ3v) is 8.44. The van der Waals surface area contributed by atoms with Gasteiger partial charge in [0.15, 0.2) is 29.0 Å². The minimum Gasteiger partial charge on any atom is -0.493 e. The first-order valence-electron chi connectivity index (χ1n) is 13.3. The molecule has 0 saturated heterocycles. The molecular weight excluding hydrogens is 562 g/mol. The SMILES string of the molecule is COc1ccc(C2=NN(C(C(=O)NS(=O)(=O)c3ccc(C(C)C)cc3)c3ccc4c(c3)OCO4)C(=O)CC2)cc1OC. The molecule has 1 unspecified atom stereocenters. The topological polar surface area (TPSA) is 133 Å². The van der Waals surface area contributed by atoms with E-state index in [2.05, 4.69) is 9.82 Å². The van der Waals surface area contributed by atoms with Crippen molar-refractivity contribution in [1.82, 2.24) is 9.73 Å². The van der Waals surface area contributed by atoms with Gasteiger partial charge in [0.25, 0.3) is 15.9 Å². The highest BCUT2D eigenvalue weighted by atomic mass is 32.2. The van der Waals surface area contributed by atoms with E-state index in [4.69, 9.17) is 18.9 Å². The normalized spacial score (nSPS) is 15.3. The number of amides is 2. The van der Waals surface area contributed by atoms with Gasteiger partial charge in [0, 0.05) is 18.4 Å². The smallest absolute Gasteiger partial charge is 0.264 e. The van der Waals surface area contributed by atoms with E-state index in [0.29, 0.717) is 46.3 Å². The molecule has 3 aromatic carbocycles. The number of methoxy groups -OCH3 is 2. The summed E-state index contributed by atoms with van der Waals surface area (Å²) in [6, 6.07) is 14.8. The van der Waals surface area contributed by atoms with E-state index in [1.807, 2.05) is 13.8 Å². The van der Waals surface area contributed by atoms with Gasteiger partial charge in [-0.15, -0.1) is 0 Å². The number of rotatable bonds is 9.